The van der Waals surface area contributed by atoms with Gasteiger partial charge in [-0.25, -0.2) is 4.79 Å². The fourth-order valence-electron chi connectivity index (χ4n) is 4.22. The summed E-state index contributed by atoms with van der Waals surface area (Å²) in [5.41, 5.74) is 2.26. The Balaban J connectivity index is 1.92. The predicted molar refractivity (Wildman–Crippen MR) is 103 cm³/mol. The smallest absolute Gasteiger partial charge is 0.320 e. The zero-order valence-electron chi connectivity index (χ0n) is 16.5. The second kappa shape index (κ2) is 7.37. The number of benzene rings is 1. The van der Waals surface area contributed by atoms with Gasteiger partial charge in [-0.1, -0.05) is 20.8 Å². The number of ether oxygens (including phenoxy) is 1. The van der Waals surface area contributed by atoms with Gasteiger partial charge in [0.25, 0.3) is 0 Å². The average Bonchev–Trinajstić information content (AvgIpc) is 2.80. The van der Waals surface area contributed by atoms with Gasteiger partial charge < -0.3 is 19.6 Å². The fourth-order valence-corrected chi connectivity index (χ4v) is 4.22. The molecule has 2 amide bonds. The van der Waals surface area contributed by atoms with Crippen molar-refractivity contribution in [3.8, 4) is 11.5 Å². The molecule has 5 nitrogen and oxygen atoms in total. The van der Waals surface area contributed by atoms with Gasteiger partial charge in [-0.05, 0) is 60.8 Å². The average molecular weight is 360 g/mol. The molecule has 0 radical (unpaired) electrons. The van der Waals surface area contributed by atoms with E-state index in [4.69, 9.17) is 4.74 Å². The summed E-state index contributed by atoms with van der Waals surface area (Å²) in [6.07, 6.45) is 4.97. The summed E-state index contributed by atoms with van der Waals surface area (Å²) in [5.74, 6) is 0.682. The fraction of sp³-hybridized carbons (Fsp3) is 0.667. The van der Waals surface area contributed by atoms with Crippen molar-refractivity contribution in [3.63, 3.8) is 0 Å². The first-order valence-electron chi connectivity index (χ1n) is 9.75. The molecule has 0 bridgehead atoms. The minimum absolute atomic E-state index is 0.0296. The van der Waals surface area contributed by atoms with Gasteiger partial charge in [-0.15, -0.1) is 0 Å². The number of aromatic hydroxyl groups is 1. The second-order valence-corrected chi connectivity index (χ2v) is 8.65. The molecule has 0 aliphatic carbocycles. The highest BCUT2D eigenvalue weighted by molar-refractivity contribution is 5.75. The topological polar surface area (TPSA) is 53.0 Å². The Morgan fingerprint density at radius 2 is 1.81 bits per heavy atom. The molecule has 2 aliphatic heterocycles. The number of rotatable bonds is 1. The molecule has 1 unspecified atom stereocenters. The molecular formula is C21H32N2O3. The van der Waals surface area contributed by atoms with Crippen LogP contribution in [0.4, 0.5) is 4.79 Å². The van der Waals surface area contributed by atoms with Crippen molar-refractivity contribution in [1.29, 1.82) is 0 Å². The maximum absolute atomic E-state index is 13.3. The molecule has 3 rings (SSSR count). The van der Waals surface area contributed by atoms with Crippen LogP contribution in [0, 0.1) is 5.41 Å². The molecule has 1 fully saturated rings. The second-order valence-electron chi connectivity index (χ2n) is 8.65. The number of methoxy groups -OCH3 is 1. The van der Waals surface area contributed by atoms with Crippen molar-refractivity contribution in [2.75, 3.05) is 26.7 Å². The van der Waals surface area contributed by atoms with E-state index in [9.17, 15) is 9.90 Å². The molecule has 2 aliphatic rings. The third-order valence-corrected chi connectivity index (χ3v) is 5.78. The Hall–Kier alpha value is -1.91. The van der Waals surface area contributed by atoms with Crippen molar-refractivity contribution < 1.29 is 14.6 Å². The summed E-state index contributed by atoms with van der Waals surface area (Å²) in [7, 11) is 1.57. The summed E-state index contributed by atoms with van der Waals surface area (Å²) in [6, 6.07) is 4.04. The van der Waals surface area contributed by atoms with Gasteiger partial charge >= 0.3 is 6.03 Å². The summed E-state index contributed by atoms with van der Waals surface area (Å²) >= 11 is 0. The van der Waals surface area contributed by atoms with Crippen LogP contribution in [0.3, 0.4) is 0 Å². The lowest BCUT2D eigenvalue weighted by atomic mass is 9.82. The zero-order chi connectivity index (χ0) is 18.9. The van der Waals surface area contributed by atoms with Crippen LogP contribution in [0.2, 0.25) is 0 Å². The molecule has 1 atom stereocenters. The van der Waals surface area contributed by atoms with E-state index in [0.29, 0.717) is 12.3 Å². The number of piperidine rings is 1. The summed E-state index contributed by atoms with van der Waals surface area (Å²) in [4.78, 5) is 17.4. The molecule has 0 saturated carbocycles. The van der Waals surface area contributed by atoms with E-state index >= 15 is 0 Å². The maximum Gasteiger partial charge on any atom is 0.320 e. The minimum atomic E-state index is -0.0296. The van der Waals surface area contributed by atoms with Crippen molar-refractivity contribution >= 4 is 6.03 Å². The van der Waals surface area contributed by atoms with Gasteiger partial charge in [0.05, 0.1) is 7.11 Å². The van der Waals surface area contributed by atoms with Crippen LogP contribution >= 0.6 is 0 Å². The Bertz CT molecular complexity index is 660. The van der Waals surface area contributed by atoms with Gasteiger partial charge in [0.2, 0.25) is 0 Å². The summed E-state index contributed by atoms with van der Waals surface area (Å²) in [5, 5.41) is 10.1. The Kier molecular flexibility index (Phi) is 5.35. The van der Waals surface area contributed by atoms with Gasteiger partial charge in [0.15, 0.2) is 11.5 Å². The van der Waals surface area contributed by atoms with E-state index < -0.39 is 0 Å². The quantitative estimate of drug-likeness (QED) is 0.828. The van der Waals surface area contributed by atoms with E-state index in [1.807, 2.05) is 17.0 Å². The number of phenols is 1. The summed E-state index contributed by atoms with van der Waals surface area (Å²) < 4.78 is 5.30. The lowest BCUT2D eigenvalue weighted by molar-refractivity contribution is 0.0884. The van der Waals surface area contributed by atoms with Gasteiger partial charge in [0, 0.05) is 25.7 Å². The van der Waals surface area contributed by atoms with Gasteiger partial charge in [0.1, 0.15) is 0 Å². The molecule has 1 aromatic carbocycles. The molecule has 1 N–H and O–H groups in total. The maximum atomic E-state index is 13.3. The van der Waals surface area contributed by atoms with Gasteiger partial charge in [-0.2, -0.15) is 0 Å². The van der Waals surface area contributed by atoms with Crippen LogP contribution in [-0.2, 0) is 12.8 Å². The monoisotopic (exact) mass is 360 g/mol. The van der Waals surface area contributed by atoms with Crippen molar-refractivity contribution in [2.24, 2.45) is 5.41 Å². The summed E-state index contributed by atoms with van der Waals surface area (Å²) in [6.45, 7) is 9.04. The number of phenolic OH excluding ortho intramolecular Hbond substituents is 1. The number of carbonyl (C=O) groups excluding carboxylic acids is 1. The molecule has 0 aromatic heterocycles. The molecule has 0 spiro atoms. The number of hydrogen-bond acceptors (Lipinski definition) is 3. The van der Waals surface area contributed by atoms with E-state index in [0.717, 1.165) is 44.3 Å². The van der Waals surface area contributed by atoms with Crippen LogP contribution in [0.15, 0.2) is 12.1 Å². The first-order chi connectivity index (χ1) is 12.3. The van der Waals surface area contributed by atoms with Gasteiger partial charge in [-0.3, -0.25) is 0 Å². The van der Waals surface area contributed by atoms with Crippen molar-refractivity contribution in [3.05, 3.63) is 23.3 Å². The SMILES string of the molecule is COc1cc2c(cc1O)CCN(C(=O)N1CCCCC1)C(C(C)(C)C)C2. The highest BCUT2D eigenvalue weighted by atomic mass is 16.5. The Morgan fingerprint density at radius 3 is 2.42 bits per heavy atom. The largest absolute Gasteiger partial charge is 0.504 e. The van der Waals surface area contributed by atoms with Crippen molar-refractivity contribution in [2.45, 2.75) is 58.9 Å². The first-order valence-corrected chi connectivity index (χ1v) is 9.75. The van der Waals surface area contributed by atoms with Crippen molar-refractivity contribution in [1.82, 2.24) is 9.80 Å². The molecule has 26 heavy (non-hydrogen) atoms. The third-order valence-electron chi connectivity index (χ3n) is 5.78. The van der Waals surface area contributed by atoms with Crippen LogP contribution in [0.5, 0.6) is 11.5 Å². The molecular weight excluding hydrogens is 328 g/mol. The molecule has 144 valence electrons. The van der Waals surface area contributed by atoms with E-state index in [2.05, 4.69) is 25.7 Å². The minimum Gasteiger partial charge on any atom is -0.504 e. The number of urea groups is 1. The standard InChI is InChI=1S/C21H32N2O3/c1-21(2,3)19-14-16-13-18(26-4)17(24)12-15(16)8-11-23(19)20(25)22-9-6-5-7-10-22/h12-13,19,24H,5-11,14H2,1-4H3. The van der Waals surface area contributed by atoms with Crippen LogP contribution in [0.1, 0.15) is 51.2 Å². The van der Waals surface area contributed by atoms with E-state index in [1.165, 1.54) is 12.0 Å². The molecule has 1 aromatic rings. The van der Waals surface area contributed by atoms with Crippen LogP contribution in [0.25, 0.3) is 0 Å². The highest BCUT2D eigenvalue weighted by Gasteiger charge is 2.37. The van der Waals surface area contributed by atoms with Crippen LogP contribution in [-0.4, -0.2) is 53.7 Å². The Morgan fingerprint density at radius 1 is 1.12 bits per heavy atom. The number of likely N-dealkylation sites (tertiary alicyclic amines) is 1. The third kappa shape index (κ3) is 3.76. The number of amides is 2. The van der Waals surface area contributed by atoms with Crippen LogP contribution < -0.4 is 4.74 Å². The number of fused-ring (bicyclic) bond motifs is 1. The number of carbonyl (C=O) groups is 1. The molecule has 2 heterocycles. The van der Waals surface area contributed by atoms with E-state index in [-0.39, 0.29) is 23.2 Å². The first kappa shape index (κ1) is 18.9. The zero-order valence-corrected chi connectivity index (χ0v) is 16.5. The number of nitrogens with zero attached hydrogens (tertiary/aromatic N) is 2. The predicted octanol–water partition coefficient (Wildman–Crippen LogP) is 3.82. The molecule has 1 saturated heterocycles. The normalized spacial score (nSPS) is 21.2. The lowest BCUT2D eigenvalue weighted by Crippen LogP contribution is -2.54. The Labute approximate surface area is 156 Å². The molecule has 5 heteroatoms. The highest BCUT2D eigenvalue weighted by Crippen LogP contribution is 2.36. The van der Waals surface area contributed by atoms with E-state index in [1.54, 1.807) is 7.11 Å². The lowest BCUT2D eigenvalue weighted by Gasteiger charge is -2.42. The number of hydrogen-bond donors (Lipinski definition) is 1.